The van der Waals surface area contributed by atoms with Crippen LogP contribution in [-0.4, -0.2) is 11.6 Å². The number of ketones is 2. The van der Waals surface area contributed by atoms with E-state index in [4.69, 9.17) is 0 Å². The number of allylic oxidation sites excluding steroid dienone is 2. The number of Topliss-reactive ketones (excluding diaryl/α,β-unsaturated/α-hetero) is 2. The van der Waals surface area contributed by atoms with E-state index in [0.717, 1.165) is 13.8 Å². The van der Waals surface area contributed by atoms with Gasteiger partial charge in [-0.15, -0.1) is 0 Å². The van der Waals surface area contributed by atoms with Crippen LogP contribution in [0.2, 0.25) is 0 Å². The van der Waals surface area contributed by atoms with Crippen molar-refractivity contribution in [2.75, 3.05) is 0 Å². The largest absolute Gasteiger partial charge is 0.292 e. The van der Waals surface area contributed by atoms with Crippen LogP contribution in [0.1, 0.15) is 21.3 Å². The number of carbonyl (C=O) groups is 2. The third kappa shape index (κ3) is 18.0. The van der Waals surface area contributed by atoms with E-state index in [0.29, 0.717) is 0 Å². The predicted octanol–water partition coefficient (Wildman–Crippen LogP) is 2.75. The van der Waals surface area contributed by atoms with Gasteiger partial charge >= 0.3 is 0 Å². The highest BCUT2D eigenvalue weighted by molar-refractivity contribution is 5.90. The zero-order valence-corrected chi connectivity index (χ0v) is 6.99. The molecular weight excluding hydrogens is 178 g/mol. The van der Waals surface area contributed by atoms with Crippen molar-refractivity contribution < 1.29 is 18.4 Å². The molecule has 0 aromatic heterocycles. The predicted molar refractivity (Wildman–Crippen MR) is 48.6 cm³/mol. The normalized spacial score (nSPS) is 7.08. The summed E-state index contributed by atoms with van der Waals surface area (Å²) in [5.74, 6) is -2.96. The molecule has 0 unspecified atom stereocenters. The molecule has 76 valence electrons. The average molecular weight is 192 g/mol. The van der Waals surface area contributed by atoms with Crippen molar-refractivity contribution in [3.05, 3.63) is 24.8 Å². The molecule has 0 saturated carbocycles. The number of rotatable bonds is 2. The SMILES string of the molecule is C.C=C(F)C(C)=O.C=C(F)C(C)=O. The molecular formula is C9H14F2O2. The molecule has 0 spiro atoms. The van der Waals surface area contributed by atoms with Gasteiger partial charge in [0.05, 0.1) is 0 Å². The van der Waals surface area contributed by atoms with E-state index in [1.807, 2.05) is 0 Å². The van der Waals surface area contributed by atoms with Crippen molar-refractivity contribution >= 4 is 11.6 Å². The third-order valence-electron chi connectivity index (χ3n) is 0.764. The summed E-state index contributed by atoms with van der Waals surface area (Å²) in [6.07, 6.45) is 0. The van der Waals surface area contributed by atoms with Crippen LogP contribution in [0.15, 0.2) is 24.8 Å². The molecule has 0 aromatic rings. The molecule has 0 aromatic carbocycles. The van der Waals surface area contributed by atoms with Crippen molar-refractivity contribution in [3.8, 4) is 0 Å². The van der Waals surface area contributed by atoms with E-state index in [2.05, 4.69) is 13.2 Å². The van der Waals surface area contributed by atoms with Crippen LogP contribution >= 0.6 is 0 Å². The lowest BCUT2D eigenvalue weighted by Crippen LogP contribution is -1.84. The zero-order chi connectivity index (χ0) is 10.3. The minimum atomic E-state index is -0.880. The Labute approximate surface area is 76.9 Å². The van der Waals surface area contributed by atoms with E-state index < -0.39 is 23.2 Å². The van der Waals surface area contributed by atoms with Gasteiger partial charge in [-0.1, -0.05) is 20.6 Å². The number of carbonyl (C=O) groups excluding carboxylic acids is 2. The van der Waals surface area contributed by atoms with Gasteiger partial charge in [0.25, 0.3) is 0 Å². The fourth-order valence-corrected chi connectivity index (χ4v) is 0. The van der Waals surface area contributed by atoms with Gasteiger partial charge < -0.3 is 0 Å². The highest BCUT2D eigenvalue weighted by Gasteiger charge is 1.92. The van der Waals surface area contributed by atoms with Crippen molar-refractivity contribution in [2.24, 2.45) is 0 Å². The van der Waals surface area contributed by atoms with Crippen molar-refractivity contribution in [1.29, 1.82) is 0 Å². The molecule has 0 aliphatic heterocycles. The molecule has 0 amide bonds. The van der Waals surface area contributed by atoms with Crippen LogP contribution in [0, 0.1) is 0 Å². The Morgan fingerprint density at radius 2 is 1.00 bits per heavy atom. The highest BCUT2D eigenvalue weighted by atomic mass is 19.1. The summed E-state index contributed by atoms with van der Waals surface area (Å²) < 4.78 is 22.6. The fraction of sp³-hybridized carbons (Fsp3) is 0.333. The first-order valence-corrected chi connectivity index (χ1v) is 2.99. The number of hydrogen-bond acceptors (Lipinski definition) is 2. The maximum Gasteiger partial charge on any atom is 0.187 e. The lowest BCUT2D eigenvalue weighted by atomic mass is 10.4. The second kappa shape index (κ2) is 8.77. The van der Waals surface area contributed by atoms with Crippen LogP contribution in [0.3, 0.4) is 0 Å². The standard InChI is InChI=1S/2C4H5FO.CH4/c2*1-3(5)4(2)6;/h2*1H2,2H3;1H4. The minimum Gasteiger partial charge on any atom is -0.292 e. The van der Waals surface area contributed by atoms with Crippen LogP contribution in [-0.2, 0) is 9.59 Å². The van der Waals surface area contributed by atoms with E-state index in [1.54, 1.807) is 0 Å². The molecule has 13 heavy (non-hydrogen) atoms. The van der Waals surface area contributed by atoms with Crippen LogP contribution in [0.5, 0.6) is 0 Å². The van der Waals surface area contributed by atoms with Crippen LogP contribution < -0.4 is 0 Å². The second-order valence-corrected chi connectivity index (χ2v) is 1.92. The summed E-state index contributed by atoms with van der Waals surface area (Å²) in [4.78, 5) is 19.3. The summed E-state index contributed by atoms with van der Waals surface area (Å²) >= 11 is 0. The topological polar surface area (TPSA) is 34.1 Å². The lowest BCUT2D eigenvalue weighted by Gasteiger charge is -1.75. The van der Waals surface area contributed by atoms with E-state index in [9.17, 15) is 18.4 Å². The second-order valence-electron chi connectivity index (χ2n) is 1.92. The van der Waals surface area contributed by atoms with Gasteiger partial charge in [0.1, 0.15) is 0 Å². The molecule has 0 fully saturated rings. The van der Waals surface area contributed by atoms with Gasteiger partial charge in [-0.05, 0) is 0 Å². The maximum atomic E-state index is 11.3. The maximum absolute atomic E-state index is 11.3. The summed E-state index contributed by atoms with van der Waals surface area (Å²) in [5, 5.41) is 0. The van der Waals surface area contributed by atoms with Crippen LogP contribution in [0.25, 0.3) is 0 Å². The first-order chi connectivity index (χ1) is 5.29. The zero-order valence-electron chi connectivity index (χ0n) is 6.99. The molecule has 2 nitrogen and oxygen atoms in total. The first kappa shape index (κ1) is 17.7. The molecule has 0 radical (unpaired) electrons. The quantitative estimate of drug-likeness (QED) is 0.630. The molecule has 0 atom stereocenters. The van der Waals surface area contributed by atoms with Crippen molar-refractivity contribution in [3.63, 3.8) is 0 Å². The van der Waals surface area contributed by atoms with Gasteiger partial charge in [-0.25, -0.2) is 8.78 Å². The monoisotopic (exact) mass is 192 g/mol. The molecule has 0 bridgehead atoms. The van der Waals surface area contributed by atoms with Gasteiger partial charge in [0.15, 0.2) is 23.2 Å². The molecule has 0 heterocycles. The number of hydrogen-bond donors (Lipinski definition) is 0. The Morgan fingerprint density at radius 3 is 1.00 bits per heavy atom. The molecule has 4 heteroatoms. The van der Waals surface area contributed by atoms with Gasteiger partial charge in [-0.2, -0.15) is 0 Å². The van der Waals surface area contributed by atoms with E-state index >= 15 is 0 Å². The van der Waals surface area contributed by atoms with Gasteiger partial charge in [0, 0.05) is 13.8 Å². The Morgan fingerprint density at radius 1 is 0.923 bits per heavy atom. The van der Waals surface area contributed by atoms with E-state index in [-0.39, 0.29) is 7.43 Å². The third-order valence-corrected chi connectivity index (χ3v) is 0.764. The Balaban J connectivity index is -0.000000143. The molecule has 0 aliphatic rings. The highest BCUT2D eigenvalue weighted by Crippen LogP contribution is 1.89. The Bertz CT molecular complexity index is 172. The molecule has 0 rings (SSSR count). The first-order valence-electron chi connectivity index (χ1n) is 2.99. The lowest BCUT2D eigenvalue weighted by molar-refractivity contribution is -0.115. The fourth-order valence-electron chi connectivity index (χ4n) is 0. The summed E-state index contributed by atoms with van der Waals surface area (Å²) in [5.41, 5.74) is 0. The molecule has 0 saturated heterocycles. The average Bonchev–Trinajstić information content (AvgIpc) is 1.88. The van der Waals surface area contributed by atoms with Gasteiger partial charge in [-0.3, -0.25) is 9.59 Å². The van der Waals surface area contributed by atoms with E-state index in [1.165, 1.54) is 0 Å². The summed E-state index contributed by atoms with van der Waals surface area (Å²) in [7, 11) is 0. The molecule has 0 N–H and O–H groups in total. The Kier molecular flexibility index (Phi) is 11.9. The smallest absolute Gasteiger partial charge is 0.187 e. The Hall–Kier alpha value is -1.32. The van der Waals surface area contributed by atoms with Crippen molar-refractivity contribution in [1.82, 2.24) is 0 Å². The summed E-state index contributed by atoms with van der Waals surface area (Å²) in [6.45, 7) is 7.73. The summed E-state index contributed by atoms with van der Waals surface area (Å²) in [6, 6.07) is 0. The number of halogens is 2. The van der Waals surface area contributed by atoms with Gasteiger partial charge in [0.2, 0.25) is 0 Å². The van der Waals surface area contributed by atoms with Crippen LogP contribution in [0.4, 0.5) is 8.78 Å². The van der Waals surface area contributed by atoms with Crippen molar-refractivity contribution in [2.45, 2.75) is 21.3 Å². The molecule has 0 aliphatic carbocycles. The minimum absolute atomic E-state index is 0.